The van der Waals surface area contributed by atoms with Crippen LogP contribution in [-0.4, -0.2) is 5.25 Å². The summed E-state index contributed by atoms with van der Waals surface area (Å²) in [6.45, 7) is 12.5. The Bertz CT molecular complexity index is 396. The molecule has 0 aliphatic carbocycles. The molecule has 0 N–H and O–H groups in total. The first kappa shape index (κ1) is 14.1. The predicted molar refractivity (Wildman–Crippen MR) is 81.2 cm³/mol. The molecular weight excluding hydrogens is 224 g/mol. The highest BCUT2D eigenvalue weighted by Gasteiger charge is 2.40. The van der Waals surface area contributed by atoms with Gasteiger partial charge in [-0.15, -0.1) is 18.3 Å². The number of thioether (sulfide) groups is 1. The topological polar surface area (TPSA) is 0 Å². The van der Waals surface area contributed by atoms with Gasteiger partial charge in [-0.1, -0.05) is 49.5 Å². The summed E-state index contributed by atoms with van der Waals surface area (Å²) in [5.41, 5.74) is 1.40. The summed E-state index contributed by atoms with van der Waals surface area (Å²) >= 11 is 1.92. The van der Waals surface area contributed by atoms with E-state index in [4.69, 9.17) is 0 Å². The van der Waals surface area contributed by atoms with E-state index in [1.165, 1.54) is 10.5 Å². The Morgan fingerprint density at radius 3 is 2.24 bits per heavy atom. The average Bonchev–Trinajstić information content (AvgIpc) is 2.57. The van der Waals surface area contributed by atoms with Crippen LogP contribution in [0.5, 0.6) is 0 Å². The fourth-order valence-electron chi connectivity index (χ4n) is 2.09. The van der Waals surface area contributed by atoms with E-state index < -0.39 is 0 Å². The molecule has 1 heterocycles. The molecule has 2 atom stereocenters. The van der Waals surface area contributed by atoms with E-state index in [2.05, 4.69) is 76.8 Å². The summed E-state index contributed by atoms with van der Waals surface area (Å²) in [6, 6.07) is 0. The minimum Gasteiger partial charge on any atom is -0.117 e. The SMILES string of the molecule is C=C[C@@]1(C)C(/C=C/C)=C(/C=C\C)SC1/C=C\C. The van der Waals surface area contributed by atoms with E-state index in [-0.39, 0.29) is 5.41 Å². The van der Waals surface area contributed by atoms with Crippen molar-refractivity contribution < 1.29 is 0 Å². The molecule has 1 aliphatic rings. The molecule has 0 bridgehead atoms. The Morgan fingerprint density at radius 2 is 1.76 bits per heavy atom. The maximum absolute atomic E-state index is 4.03. The van der Waals surface area contributed by atoms with Gasteiger partial charge in [-0.05, 0) is 26.3 Å². The zero-order valence-corrected chi connectivity index (χ0v) is 12.1. The fraction of sp³-hybridized carbons (Fsp3) is 0.375. The molecule has 0 spiro atoms. The van der Waals surface area contributed by atoms with Crippen LogP contribution in [0.4, 0.5) is 0 Å². The Hall–Kier alpha value is -0.950. The van der Waals surface area contributed by atoms with Crippen LogP contribution in [-0.2, 0) is 0 Å². The molecule has 0 radical (unpaired) electrons. The van der Waals surface area contributed by atoms with Crippen LogP contribution in [0.2, 0.25) is 0 Å². The van der Waals surface area contributed by atoms with Crippen molar-refractivity contribution in [2.45, 2.75) is 32.9 Å². The minimum absolute atomic E-state index is 0.0263. The molecule has 1 unspecified atom stereocenters. The molecule has 0 aromatic carbocycles. The third kappa shape index (κ3) is 2.66. The lowest BCUT2D eigenvalue weighted by molar-refractivity contribution is 0.559. The van der Waals surface area contributed by atoms with Gasteiger partial charge in [-0.2, -0.15) is 0 Å². The predicted octanol–water partition coefficient (Wildman–Crippen LogP) is 5.28. The summed E-state index contributed by atoms with van der Waals surface area (Å²) in [6.07, 6.45) is 15.1. The van der Waals surface area contributed by atoms with E-state index in [1.54, 1.807) is 0 Å². The number of hydrogen-bond acceptors (Lipinski definition) is 1. The third-order valence-corrected chi connectivity index (χ3v) is 4.64. The van der Waals surface area contributed by atoms with Crippen molar-refractivity contribution in [1.29, 1.82) is 0 Å². The summed E-state index contributed by atoms with van der Waals surface area (Å²) < 4.78 is 0. The van der Waals surface area contributed by atoms with Gasteiger partial charge in [-0.3, -0.25) is 0 Å². The lowest BCUT2D eigenvalue weighted by Gasteiger charge is -2.27. The lowest BCUT2D eigenvalue weighted by atomic mass is 9.78. The molecule has 1 aliphatic heterocycles. The van der Waals surface area contributed by atoms with Gasteiger partial charge in [0.1, 0.15) is 0 Å². The van der Waals surface area contributed by atoms with Crippen molar-refractivity contribution in [3.63, 3.8) is 0 Å². The largest absolute Gasteiger partial charge is 0.117 e. The number of allylic oxidation sites excluding steroid dienone is 7. The standard InChI is InChI=1S/C16H22S/c1-6-10-13-14(11-7-2)17-15(12-8-3)16(13,5)9-4/h6-12,15H,4H2,1-3,5H3/b10-6+,11-7-,12-8-/t15?,16-/m0/s1. The van der Waals surface area contributed by atoms with Gasteiger partial charge in [0.15, 0.2) is 0 Å². The van der Waals surface area contributed by atoms with Gasteiger partial charge in [0.2, 0.25) is 0 Å². The lowest BCUT2D eigenvalue weighted by Crippen LogP contribution is -2.23. The van der Waals surface area contributed by atoms with Gasteiger partial charge in [0.05, 0.1) is 0 Å². The second-order valence-electron chi connectivity index (χ2n) is 4.33. The molecule has 92 valence electrons. The maximum atomic E-state index is 4.03. The quantitative estimate of drug-likeness (QED) is 0.608. The molecule has 1 rings (SSSR count). The van der Waals surface area contributed by atoms with Crippen molar-refractivity contribution in [3.05, 3.63) is 59.6 Å². The molecule has 17 heavy (non-hydrogen) atoms. The summed E-state index contributed by atoms with van der Waals surface area (Å²) in [7, 11) is 0. The Labute approximate surface area is 110 Å². The molecular formula is C16H22S. The van der Waals surface area contributed by atoms with Crippen molar-refractivity contribution in [2.75, 3.05) is 0 Å². The van der Waals surface area contributed by atoms with Crippen LogP contribution in [0.3, 0.4) is 0 Å². The Morgan fingerprint density at radius 1 is 1.12 bits per heavy atom. The van der Waals surface area contributed by atoms with Crippen LogP contribution in [0.25, 0.3) is 0 Å². The molecule has 0 aromatic heterocycles. The van der Waals surface area contributed by atoms with Gasteiger partial charge in [0.25, 0.3) is 0 Å². The maximum Gasteiger partial charge on any atom is 0.0403 e. The Kier molecular flexibility index (Phi) is 5.07. The van der Waals surface area contributed by atoms with E-state index in [9.17, 15) is 0 Å². The number of rotatable bonds is 4. The monoisotopic (exact) mass is 246 g/mol. The minimum atomic E-state index is 0.0263. The first-order valence-electron chi connectivity index (χ1n) is 6.07. The van der Waals surface area contributed by atoms with Crippen LogP contribution in [0.15, 0.2) is 59.6 Å². The van der Waals surface area contributed by atoms with Gasteiger partial charge < -0.3 is 0 Å². The van der Waals surface area contributed by atoms with Crippen molar-refractivity contribution in [3.8, 4) is 0 Å². The second kappa shape index (κ2) is 6.11. The van der Waals surface area contributed by atoms with Gasteiger partial charge >= 0.3 is 0 Å². The van der Waals surface area contributed by atoms with Crippen molar-refractivity contribution in [1.82, 2.24) is 0 Å². The van der Waals surface area contributed by atoms with Crippen LogP contribution in [0.1, 0.15) is 27.7 Å². The van der Waals surface area contributed by atoms with Crippen LogP contribution in [0, 0.1) is 5.41 Å². The second-order valence-corrected chi connectivity index (χ2v) is 5.51. The molecule has 0 nitrogen and oxygen atoms in total. The van der Waals surface area contributed by atoms with Crippen LogP contribution >= 0.6 is 11.8 Å². The van der Waals surface area contributed by atoms with E-state index in [0.717, 1.165) is 0 Å². The molecule has 0 saturated heterocycles. The number of hydrogen-bond donors (Lipinski definition) is 0. The molecule has 0 aromatic rings. The van der Waals surface area contributed by atoms with Gasteiger partial charge in [0, 0.05) is 15.6 Å². The smallest absolute Gasteiger partial charge is 0.0403 e. The highest BCUT2D eigenvalue weighted by molar-refractivity contribution is 8.04. The summed E-state index contributed by atoms with van der Waals surface area (Å²) in [4.78, 5) is 1.36. The van der Waals surface area contributed by atoms with Crippen molar-refractivity contribution >= 4 is 11.8 Å². The zero-order chi connectivity index (χ0) is 12.9. The molecule has 1 heteroatoms. The molecule has 0 amide bonds. The van der Waals surface area contributed by atoms with Gasteiger partial charge in [-0.25, -0.2) is 0 Å². The Balaban J connectivity index is 3.28. The molecule has 0 saturated carbocycles. The fourth-order valence-corrected chi connectivity index (χ4v) is 3.70. The van der Waals surface area contributed by atoms with Crippen molar-refractivity contribution in [2.24, 2.45) is 5.41 Å². The van der Waals surface area contributed by atoms with E-state index >= 15 is 0 Å². The summed E-state index contributed by atoms with van der Waals surface area (Å²) in [5.74, 6) is 0. The third-order valence-electron chi connectivity index (χ3n) is 3.13. The highest BCUT2D eigenvalue weighted by atomic mass is 32.2. The average molecular weight is 246 g/mol. The molecule has 0 fully saturated rings. The first-order chi connectivity index (χ1) is 8.13. The van der Waals surface area contributed by atoms with E-state index in [0.29, 0.717) is 5.25 Å². The highest BCUT2D eigenvalue weighted by Crippen LogP contribution is 2.52. The normalized spacial score (nSPS) is 30.2. The summed E-state index contributed by atoms with van der Waals surface area (Å²) in [5, 5.41) is 0.447. The first-order valence-corrected chi connectivity index (χ1v) is 6.95. The van der Waals surface area contributed by atoms with Crippen LogP contribution < -0.4 is 0 Å². The van der Waals surface area contributed by atoms with E-state index in [1.807, 2.05) is 11.8 Å². The zero-order valence-electron chi connectivity index (χ0n) is 11.2.